The summed E-state index contributed by atoms with van der Waals surface area (Å²) in [6.07, 6.45) is 7.93. The summed E-state index contributed by atoms with van der Waals surface area (Å²) < 4.78 is 13.0. The van der Waals surface area contributed by atoms with Gasteiger partial charge in [0.1, 0.15) is 5.60 Å². The Balaban J connectivity index is 1.36. The number of allylic oxidation sites excluding steroid dienone is 1. The molecule has 32 heavy (non-hydrogen) atoms. The van der Waals surface area contributed by atoms with E-state index in [1.54, 1.807) is 0 Å². The van der Waals surface area contributed by atoms with E-state index >= 15 is 0 Å². The first-order valence-corrected chi connectivity index (χ1v) is 13.0. The lowest BCUT2D eigenvalue weighted by atomic mass is 9.45. The highest BCUT2D eigenvalue weighted by molar-refractivity contribution is 5.91. The Hall–Kier alpha value is -0.750. The third-order valence-electron chi connectivity index (χ3n) is 11.6. The van der Waals surface area contributed by atoms with Crippen molar-refractivity contribution < 1.29 is 24.5 Å². The molecule has 0 radical (unpaired) electrons. The van der Waals surface area contributed by atoms with Gasteiger partial charge in [-0.25, -0.2) is 0 Å². The number of rotatable bonds is 0. The van der Waals surface area contributed by atoms with Crippen LogP contribution < -0.4 is 0 Å². The Morgan fingerprint density at radius 1 is 1.06 bits per heavy atom. The van der Waals surface area contributed by atoms with Crippen molar-refractivity contribution in [2.24, 2.45) is 40.4 Å². The Morgan fingerprint density at radius 3 is 2.56 bits per heavy atom. The van der Waals surface area contributed by atoms with Gasteiger partial charge >= 0.3 is 0 Å². The van der Waals surface area contributed by atoms with Gasteiger partial charge in [0.15, 0.2) is 11.6 Å². The molecule has 6 rings (SSSR count). The normalized spacial score (nSPS) is 59.2. The van der Waals surface area contributed by atoms with Crippen LogP contribution in [-0.4, -0.2) is 46.2 Å². The zero-order valence-corrected chi connectivity index (χ0v) is 20.1. The summed E-state index contributed by atoms with van der Waals surface area (Å²) in [5.74, 6) is 0.934. The van der Waals surface area contributed by atoms with E-state index < -0.39 is 22.9 Å². The molecule has 0 amide bonds. The largest absolute Gasteiger partial charge is 0.392 e. The van der Waals surface area contributed by atoms with Crippen LogP contribution in [0.3, 0.4) is 0 Å². The Labute approximate surface area is 191 Å². The number of ether oxygens (including phenoxy) is 2. The van der Waals surface area contributed by atoms with Gasteiger partial charge in [-0.15, -0.1) is 0 Å². The SMILES string of the molecule is CC1CCC2(OC1)OC1CC3C4CCC5=CC(=O)CCC5(C)C4CC(O)C3(C)C1(O)C2C. The van der Waals surface area contributed by atoms with Crippen LogP contribution in [0.25, 0.3) is 0 Å². The van der Waals surface area contributed by atoms with E-state index in [0.717, 1.165) is 38.5 Å². The van der Waals surface area contributed by atoms with E-state index in [4.69, 9.17) is 9.47 Å². The molecule has 0 aromatic heterocycles. The molecule has 0 aromatic rings. The van der Waals surface area contributed by atoms with Crippen LogP contribution >= 0.6 is 0 Å². The summed E-state index contributed by atoms with van der Waals surface area (Å²) in [7, 11) is 0. The molecule has 5 nitrogen and oxygen atoms in total. The lowest BCUT2D eigenvalue weighted by molar-refractivity contribution is -0.277. The predicted molar refractivity (Wildman–Crippen MR) is 120 cm³/mol. The lowest BCUT2D eigenvalue weighted by Gasteiger charge is -2.61. The van der Waals surface area contributed by atoms with E-state index in [-0.39, 0.29) is 29.1 Å². The number of hydrogen-bond donors (Lipinski definition) is 2. The number of aliphatic hydroxyl groups excluding tert-OH is 1. The van der Waals surface area contributed by atoms with E-state index in [9.17, 15) is 15.0 Å². The summed E-state index contributed by atoms with van der Waals surface area (Å²) in [5, 5.41) is 24.2. The molecule has 11 atom stereocenters. The van der Waals surface area contributed by atoms with Crippen molar-refractivity contribution in [1.82, 2.24) is 0 Å². The fourth-order valence-electron chi connectivity index (χ4n) is 9.47. The third kappa shape index (κ3) is 2.42. The number of carbonyl (C=O) groups excluding carboxylic acids is 1. The maximum Gasteiger partial charge on any atom is 0.174 e. The van der Waals surface area contributed by atoms with E-state index in [1.165, 1.54) is 5.57 Å². The molecule has 5 heteroatoms. The van der Waals surface area contributed by atoms with Crippen molar-refractivity contribution in [3.63, 3.8) is 0 Å². The monoisotopic (exact) mass is 444 g/mol. The Kier molecular flexibility index (Phi) is 4.54. The smallest absolute Gasteiger partial charge is 0.174 e. The topological polar surface area (TPSA) is 76.0 Å². The molecule has 178 valence electrons. The minimum absolute atomic E-state index is 0.00420. The first kappa shape index (κ1) is 21.8. The van der Waals surface area contributed by atoms with Crippen molar-refractivity contribution in [3.05, 3.63) is 11.6 Å². The second kappa shape index (κ2) is 6.68. The predicted octanol–water partition coefficient (Wildman–Crippen LogP) is 4.01. The minimum atomic E-state index is -1.08. The van der Waals surface area contributed by atoms with Gasteiger partial charge in [-0.2, -0.15) is 0 Å². The van der Waals surface area contributed by atoms with Gasteiger partial charge < -0.3 is 19.7 Å². The molecule has 2 heterocycles. The maximum atomic E-state index is 12.4. The molecule has 2 N–H and O–H groups in total. The zero-order chi connectivity index (χ0) is 22.7. The molecule has 4 aliphatic carbocycles. The van der Waals surface area contributed by atoms with E-state index in [2.05, 4.69) is 27.7 Å². The Bertz CT molecular complexity index is 858. The second-order valence-electron chi connectivity index (χ2n) is 12.7. The third-order valence-corrected chi connectivity index (χ3v) is 11.6. The summed E-state index contributed by atoms with van der Waals surface area (Å²) in [6, 6.07) is 0. The number of ketones is 1. The summed E-state index contributed by atoms with van der Waals surface area (Å²) in [6.45, 7) is 9.44. The lowest BCUT2D eigenvalue weighted by Crippen LogP contribution is -2.65. The average Bonchev–Trinajstić information content (AvgIpc) is 3.11. The second-order valence-corrected chi connectivity index (χ2v) is 12.7. The van der Waals surface area contributed by atoms with Crippen molar-refractivity contribution in [3.8, 4) is 0 Å². The van der Waals surface area contributed by atoms with Crippen molar-refractivity contribution in [2.75, 3.05) is 6.61 Å². The molecule has 0 aromatic carbocycles. The number of carbonyl (C=O) groups is 1. The highest BCUT2D eigenvalue weighted by Crippen LogP contribution is 2.72. The summed E-state index contributed by atoms with van der Waals surface area (Å²) in [5.41, 5.74) is -0.384. The maximum absolute atomic E-state index is 12.4. The summed E-state index contributed by atoms with van der Waals surface area (Å²) in [4.78, 5) is 12.1. The van der Waals surface area contributed by atoms with Crippen molar-refractivity contribution >= 4 is 5.78 Å². The van der Waals surface area contributed by atoms with Gasteiger partial charge in [0.25, 0.3) is 0 Å². The quantitative estimate of drug-likeness (QED) is 0.590. The minimum Gasteiger partial charge on any atom is -0.392 e. The first-order valence-electron chi connectivity index (χ1n) is 13.0. The first-order chi connectivity index (χ1) is 15.1. The van der Waals surface area contributed by atoms with Crippen LogP contribution in [0.1, 0.15) is 79.1 Å². The van der Waals surface area contributed by atoms with Crippen LogP contribution in [0, 0.1) is 40.4 Å². The van der Waals surface area contributed by atoms with E-state index in [1.807, 2.05) is 6.08 Å². The molecular formula is C27H40O5. The van der Waals surface area contributed by atoms with Crippen molar-refractivity contribution in [2.45, 2.75) is 103 Å². The van der Waals surface area contributed by atoms with Crippen LogP contribution in [0.15, 0.2) is 11.6 Å². The van der Waals surface area contributed by atoms with Gasteiger partial charge in [0, 0.05) is 24.2 Å². The van der Waals surface area contributed by atoms with E-state index in [0.29, 0.717) is 37.2 Å². The molecule has 2 saturated heterocycles. The van der Waals surface area contributed by atoms with Gasteiger partial charge in [-0.3, -0.25) is 4.79 Å². The van der Waals surface area contributed by atoms with Gasteiger partial charge in [-0.1, -0.05) is 33.3 Å². The fraction of sp³-hybridized carbons (Fsp3) is 0.889. The van der Waals surface area contributed by atoms with Crippen LogP contribution in [0.5, 0.6) is 0 Å². The molecule has 3 saturated carbocycles. The van der Waals surface area contributed by atoms with Gasteiger partial charge in [0.05, 0.1) is 18.8 Å². The van der Waals surface area contributed by atoms with Crippen molar-refractivity contribution in [1.29, 1.82) is 0 Å². The highest BCUT2D eigenvalue weighted by Gasteiger charge is 2.78. The molecular weight excluding hydrogens is 404 g/mol. The fourth-order valence-corrected chi connectivity index (χ4v) is 9.47. The molecule has 1 spiro atoms. The Morgan fingerprint density at radius 2 is 1.84 bits per heavy atom. The molecule has 2 aliphatic heterocycles. The number of fused-ring (bicyclic) bond motifs is 7. The molecule has 5 fully saturated rings. The summed E-state index contributed by atoms with van der Waals surface area (Å²) >= 11 is 0. The van der Waals surface area contributed by atoms with Crippen LogP contribution in [0.4, 0.5) is 0 Å². The average molecular weight is 445 g/mol. The molecule has 6 aliphatic rings. The molecule has 11 unspecified atom stereocenters. The zero-order valence-electron chi connectivity index (χ0n) is 20.1. The highest BCUT2D eigenvalue weighted by atomic mass is 16.7. The van der Waals surface area contributed by atoms with Crippen LogP contribution in [0.2, 0.25) is 0 Å². The molecule has 0 bridgehead atoms. The van der Waals surface area contributed by atoms with Gasteiger partial charge in [-0.05, 0) is 73.7 Å². The van der Waals surface area contributed by atoms with Gasteiger partial charge in [0.2, 0.25) is 0 Å². The number of hydrogen-bond acceptors (Lipinski definition) is 5. The standard InChI is InChI=1S/C27H40O5/c1-15-7-10-26(31-14-15)16(2)27(30)23(32-26)13-21-19-6-5-17-11-18(28)8-9-24(17,3)20(19)12-22(29)25(21,27)4/h11,15-16,19-23,29-30H,5-10,12-14H2,1-4H3. The number of aliphatic hydroxyl groups is 2. The van der Waals surface area contributed by atoms with Crippen LogP contribution in [-0.2, 0) is 14.3 Å².